The Morgan fingerprint density at radius 2 is 1.81 bits per heavy atom. The van der Waals surface area contributed by atoms with Gasteiger partial charge < -0.3 is 5.73 Å². The van der Waals surface area contributed by atoms with Gasteiger partial charge in [-0.25, -0.2) is 0 Å². The van der Waals surface area contributed by atoms with E-state index in [0.29, 0.717) is 11.0 Å². The van der Waals surface area contributed by atoms with Crippen LogP contribution in [-0.4, -0.2) is 30.1 Å². The Kier molecular flexibility index (Phi) is 3.33. The van der Waals surface area contributed by atoms with Gasteiger partial charge in [0.15, 0.2) is 0 Å². The Morgan fingerprint density at radius 1 is 1.19 bits per heavy atom. The van der Waals surface area contributed by atoms with Crippen molar-refractivity contribution in [2.75, 3.05) is 19.6 Å². The number of nitrogens with zero attached hydrogens (tertiary/aromatic N) is 1. The summed E-state index contributed by atoms with van der Waals surface area (Å²) in [5, 5.41) is 0. The van der Waals surface area contributed by atoms with Crippen molar-refractivity contribution in [3.05, 3.63) is 0 Å². The van der Waals surface area contributed by atoms with Crippen molar-refractivity contribution in [2.24, 2.45) is 17.1 Å². The highest BCUT2D eigenvalue weighted by Gasteiger charge is 2.46. The van der Waals surface area contributed by atoms with Crippen LogP contribution in [0.4, 0.5) is 0 Å². The molecule has 16 heavy (non-hydrogen) atoms. The molecule has 2 rings (SSSR count). The van der Waals surface area contributed by atoms with Crippen LogP contribution < -0.4 is 5.73 Å². The van der Waals surface area contributed by atoms with E-state index in [1.165, 1.54) is 45.2 Å². The van der Waals surface area contributed by atoms with Crippen molar-refractivity contribution in [1.29, 1.82) is 0 Å². The van der Waals surface area contributed by atoms with E-state index in [4.69, 9.17) is 5.73 Å². The molecule has 2 unspecified atom stereocenters. The lowest BCUT2D eigenvalue weighted by atomic mass is 9.63. The molecule has 0 aromatic rings. The van der Waals surface area contributed by atoms with Gasteiger partial charge in [0.25, 0.3) is 0 Å². The Bertz CT molecular complexity index is 243. The molecule has 2 nitrogen and oxygen atoms in total. The summed E-state index contributed by atoms with van der Waals surface area (Å²) in [5.74, 6) is 0.827. The molecular weight excluding hydrogens is 196 g/mol. The summed E-state index contributed by atoms with van der Waals surface area (Å²) in [4.78, 5) is 2.70. The first-order chi connectivity index (χ1) is 7.47. The molecule has 1 aliphatic carbocycles. The average Bonchev–Trinajstić information content (AvgIpc) is 2.67. The van der Waals surface area contributed by atoms with Gasteiger partial charge in [-0.15, -0.1) is 0 Å². The van der Waals surface area contributed by atoms with Crippen molar-refractivity contribution in [3.8, 4) is 0 Å². The molecule has 0 aromatic carbocycles. The normalized spacial score (nSPS) is 40.1. The second kappa shape index (κ2) is 4.30. The van der Waals surface area contributed by atoms with Gasteiger partial charge in [0.05, 0.1) is 0 Å². The van der Waals surface area contributed by atoms with Crippen LogP contribution in [0.25, 0.3) is 0 Å². The van der Waals surface area contributed by atoms with Crippen LogP contribution in [0.3, 0.4) is 0 Å². The Hall–Kier alpha value is -0.0800. The predicted molar refractivity (Wildman–Crippen MR) is 69.4 cm³/mol. The molecule has 2 fully saturated rings. The fourth-order valence-electron chi connectivity index (χ4n) is 4.42. The number of rotatable bonds is 2. The molecule has 1 saturated carbocycles. The van der Waals surface area contributed by atoms with Crippen LogP contribution in [0.15, 0.2) is 0 Å². The predicted octanol–water partition coefficient (Wildman–Crippen LogP) is 2.63. The highest BCUT2D eigenvalue weighted by Crippen LogP contribution is 2.46. The number of hydrogen-bond acceptors (Lipinski definition) is 2. The summed E-state index contributed by atoms with van der Waals surface area (Å²) in [6, 6.07) is 0. The standard InChI is InChI=1S/C14H28N2/c1-12-8-13(2,3)10-14(9-12,11-15)16-6-4-5-7-16/h12H,4-11,15H2,1-3H3. The zero-order valence-electron chi connectivity index (χ0n) is 11.3. The molecule has 2 atom stereocenters. The van der Waals surface area contributed by atoms with Gasteiger partial charge in [-0.3, -0.25) is 4.90 Å². The minimum atomic E-state index is 0.317. The summed E-state index contributed by atoms with van der Waals surface area (Å²) in [6.45, 7) is 10.6. The molecule has 2 N–H and O–H groups in total. The smallest absolute Gasteiger partial charge is 0.0339 e. The third kappa shape index (κ3) is 2.28. The molecule has 94 valence electrons. The maximum Gasteiger partial charge on any atom is 0.0339 e. The van der Waals surface area contributed by atoms with Gasteiger partial charge in [0.2, 0.25) is 0 Å². The molecule has 0 amide bonds. The van der Waals surface area contributed by atoms with E-state index in [0.717, 1.165) is 12.5 Å². The highest BCUT2D eigenvalue weighted by molar-refractivity contribution is 5.02. The highest BCUT2D eigenvalue weighted by atomic mass is 15.2. The van der Waals surface area contributed by atoms with Crippen LogP contribution >= 0.6 is 0 Å². The van der Waals surface area contributed by atoms with Gasteiger partial charge in [0.1, 0.15) is 0 Å². The lowest BCUT2D eigenvalue weighted by Crippen LogP contribution is -2.58. The number of hydrogen-bond donors (Lipinski definition) is 1. The third-order valence-electron chi connectivity index (χ3n) is 4.59. The first kappa shape index (κ1) is 12.4. The van der Waals surface area contributed by atoms with E-state index in [2.05, 4.69) is 25.7 Å². The maximum absolute atomic E-state index is 6.16. The van der Waals surface area contributed by atoms with Crippen molar-refractivity contribution in [2.45, 2.75) is 58.4 Å². The Balaban J connectivity index is 2.18. The SMILES string of the molecule is CC1CC(C)(C)CC(CN)(N2CCCC2)C1. The quantitative estimate of drug-likeness (QED) is 0.781. The third-order valence-corrected chi connectivity index (χ3v) is 4.59. The lowest BCUT2D eigenvalue weighted by molar-refractivity contribution is 0.00191. The summed E-state index contributed by atoms with van der Waals surface area (Å²) in [7, 11) is 0. The minimum absolute atomic E-state index is 0.317. The van der Waals surface area contributed by atoms with E-state index in [1.807, 2.05) is 0 Å². The Labute approximate surface area is 101 Å². The topological polar surface area (TPSA) is 29.3 Å². The molecule has 0 radical (unpaired) electrons. The zero-order chi connectivity index (χ0) is 11.8. The molecule has 0 spiro atoms. The average molecular weight is 224 g/mol. The fourth-order valence-corrected chi connectivity index (χ4v) is 4.42. The number of likely N-dealkylation sites (tertiary alicyclic amines) is 1. The lowest BCUT2D eigenvalue weighted by Gasteiger charge is -2.52. The molecule has 1 heterocycles. The van der Waals surface area contributed by atoms with Crippen LogP contribution in [0.5, 0.6) is 0 Å². The van der Waals surface area contributed by atoms with Crippen molar-refractivity contribution in [3.63, 3.8) is 0 Å². The number of nitrogens with two attached hydrogens (primary N) is 1. The molecule has 1 saturated heterocycles. The molecule has 0 bridgehead atoms. The molecule has 0 aromatic heterocycles. The summed E-state index contributed by atoms with van der Waals surface area (Å²) in [6.07, 6.45) is 6.71. The van der Waals surface area contributed by atoms with Crippen LogP contribution in [-0.2, 0) is 0 Å². The molecule has 2 aliphatic rings. The van der Waals surface area contributed by atoms with E-state index >= 15 is 0 Å². The largest absolute Gasteiger partial charge is 0.329 e. The van der Waals surface area contributed by atoms with Gasteiger partial charge in [0, 0.05) is 12.1 Å². The van der Waals surface area contributed by atoms with Crippen LogP contribution in [0.2, 0.25) is 0 Å². The van der Waals surface area contributed by atoms with Crippen molar-refractivity contribution >= 4 is 0 Å². The molecular formula is C14H28N2. The van der Waals surface area contributed by atoms with Crippen LogP contribution in [0, 0.1) is 11.3 Å². The minimum Gasteiger partial charge on any atom is -0.329 e. The second-order valence-corrected chi connectivity index (χ2v) is 6.98. The van der Waals surface area contributed by atoms with Crippen molar-refractivity contribution in [1.82, 2.24) is 4.90 Å². The summed E-state index contributed by atoms with van der Waals surface area (Å²) < 4.78 is 0. The molecule has 1 aliphatic heterocycles. The van der Waals surface area contributed by atoms with Gasteiger partial charge >= 0.3 is 0 Å². The fraction of sp³-hybridized carbons (Fsp3) is 1.00. The van der Waals surface area contributed by atoms with Crippen LogP contribution in [0.1, 0.15) is 52.9 Å². The van der Waals surface area contributed by atoms with E-state index < -0.39 is 0 Å². The second-order valence-electron chi connectivity index (χ2n) is 6.98. The van der Waals surface area contributed by atoms with Crippen molar-refractivity contribution < 1.29 is 0 Å². The summed E-state index contributed by atoms with van der Waals surface area (Å²) >= 11 is 0. The van der Waals surface area contributed by atoms with E-state index in [1.54, 1.807) is 0 Å². The molecule has 2 heteroatoms. The Morgan fingerprint density at radius 3 is 2.31 bits per heavy atom. The monoisotopic (exact) mass is 224 g/mol. The first-order valence-corrected chi connectivity index (χ1v) is 6.93. The first-order valence-electron chi connectivity index (χ1n) is 6.93. The van der Waals surface area contributed by atoms with E-state index in [-0.39, 0.29) is 0 Å². The van der Waals surface area contributed by atoms with E-state index in [9.17, 15) is 0 Å². The van der Waals surface area contributed by atoms with Gasteiger partial charge in [-0.2, -0.15) is 0 Å². The van der Waals surface area contributed by atoms with Gasteiger partial charge in [-0.05, 0) is 56.5 Å². The summed E-state index contributed by atoms with van der Waals surface area (Å²) in [5.41, 5.74) is 6.95. The maximum atomic E-state index is 6.16. The zero-order valence-corrected chi connectivity index (χ0v) is 11.3. The van der Waals surface area contributed by atoms with Gasteiger partial charge in [-0.1, -0.05) is 20.8 Å².